The van der Waals surface area contributed by atoms with E-state index in [0.29, 0.717) is 5.02 Å². The topological polar surface area (TPSA) is 55.9 Å². The minimum absolute atomic E-state index is 0.0555. The van der Waals surface area contributed by atoms with Gasteiger partial charge in [0.2, 0.25) is 0 Å². The van der Waals surface area contributed by atoms with Crippen molar-refractivity contribution < 1.29 is 0 Å². The number of nitrogens with two attached hydrogens (primary N) is 1. The zero-order valence-corrected chi connectivity index (χ0v) is 13.9. The molecule has 0 aliphatic carbocycles. The smallest absolute Gasteiger partial charge is 0.0624 e. The number of hydrogen-bond donors (Lipinski definition) is 2. The lowest BCUT2D eigenvalue weighted by Gasteiger charge is -2.18. The number of nitrogens with zero attached hydrogens (tertiary/aromatic N) is 2. The van der Waals surface area contributed by atoms with Gasteiger partial charge in [0.1, 0.15) is 0 Å². The van der Waals surface area contributed by atoms with Crippen LogP contribution < -0.4 is 11.3 Å². The van der Waals surface area contributed by atoms with Crippen molar-refractivity contribution in [3.8, 4) is 0 Å². The molecular weight excluding hydrogens is 340 g/mol. The summed E-state index contributed by atoms with van der Waals surface area (Å²) >= 11 is 9.73. The molecule has 0 aliphatic rings. The molecule has 0 spiro atoms. The number of halogens is 2. The molecule has 2 rings (SSSR count). The summed E-state index contributed by atoms with van der Waals surface area (Å²) in [4.78, 5) is 0. The van der Waals surface area contributed by atoms with Crippen LogP contribution in [0.1, 0.15) is 29.9 Å². The van der Waals surface area contributed by atoms with Crippen LogP contribution in [0, 0.1) is 0 Å². The Kier molecular flexibility index (Phi) is 5.21. The molecule has 3 N–H and O–H groups in total. The third-order valence-electron chi connectivity index (χ3n) is 3.34. The van der Waals surface area contributed by atoms with Crippen LogP contribution in [0.3, 0.4) is 0 Å². The van der Waals surface area contributed by atoms with Crippen molar-refractivity contribution >= 4 is 27.5 Å². The maximum absolute atomic E-state index is 6.27. The third kappa shape index (κ3) is 3.41. The summed E-state index contributed by atoms with van der Waals surface area (Å²) in [7, 11) is 1.95. The second kappa shape index (κ2) is 6.72. The fourth-order valence-corrected chi connectivity index (χ4v) is 2.81. The first-order valence-corrected chi connectivity index (χ1v) is 7.65. The van der Waals surface area contributed by atoms with Crippen molar-refractivity contribution in [2.75, 3.05) is 0 Å². The van der Waals surface area contributed by atoms with Gasteiger partial charge in [-0.2, -0.15) is 5.10 Å². The first-order chi connectivity index (χ1) is 9.55. The Bertz CT molecular complexity index is 597. The summed E-state index contributed by atoms with van der Waals surface area (Å²) in [6.45, 7) is 2.09. The van der Waals surface area contributed by atoms with Crippen molar-refractivity contribution in [3.05, 3.63) is 50.7 Å². The van der Waals surface area contributed by atoms with Gasteiger partial charge in [-0.1, -0.05) is 34.5 Å². The first kappa shape index (κ1) is 15.5. The summed E-state index contributed by atoms with van der Waals surface area (Å²) in [5, 5.41) is 5.16. The lowest BCUT2D eigenvalue weighted by Crippen LogP contribution is -2.30. The number of nitrogens with one attached hydrogen (secondary N) is 1. The van der Waals surface area contributed by atoms with Gasteiger partial charge in [0.05, 0.1) is 11.7 Å². The lowest BCUT2D eigenvalue weighted by atomic mass is 10.0. The van der Waals surface area contributed by atoms with Gasteiger partial charge < -0.3 is 0 Å². The molecule has 2 aromatic rings. The number of hydrogen-bond acceptors (Lipinski definition) is 3. The molecule has 1 aromatic heterocycles. The summed E-state index contributed by atoms with van der Waals surface area (Å²) in [5.41, 5.74) is 6.03. The molecule has 0 saturated heterocycles. The van der Waals surface area contributed by atoms with Crippen molar-refractivity contribution in [2.45, 2.75) is 25.8 Å². The van der Waals surface area contributed by atoms with E-state index in [-0.39, 0.29) is 6.04 Å². The van der Waals surface area contributed by atoms with E-state index in [1.807, 2.05) is 29.9 Å². The summed E-state index contributed by atoms with van der Waals surface area (Å²) in [6, 6.07) is 7.82. The first-order valence-electron chi connectivity index (χ1n) is 6.48. The van der Waals surface area contributed by atoms with Gasteiger partial charge in [0.15, 0.2) is 0 Å². The third-order valence-corrected chi connectivity index (χ3v) is 4.17. The lowest BCUT2D eigenvalue weighted by molar-refractivity contribution is 0.530. The highest BCUT2D eigenvalue weighted by atomic mass is 79.9. The van der Waals surface area contributed by atoms with Gasteiger partial charge >= 0.3 is 0 Å². The van der Waals surface area contributed by atoms with E-state index in [1.165, 1.54) is 0 Å². The van der Waals surface area contributed by atoms with Crippen LogP contribution in [0.4, 0.5) is 0 Å². The molecule has 1 unspecified atom stereocenters. The molecule has 0 bridgehead atoms. The quantitative estimate of drug-likeness (QED) is 0.638. The minimum Gasteiger partial charge on any atom is -0.272 e. The van der Waals surface area contributed by atoms with Gasteiger partial charge in [0, 0.05) is 28.7 Å². The molecule has 1 heterocycles. The van der Waals surface area contributed by atoms with E-state index < -0.39 is 0 Å². The largest absolute Gasteiger partial charge is 0.272 e. The summed E-state index contributed by atoms with van der Waals surface area (Å²) in [5.74, 6) is 5.71. The number of aromatic nitrogens is 2. The van der Waals surface area contributed by atoms with E-state index in [1.54, 1.807) is 0 Å². The van der Waals surface area contributed by atoms with E-state index in [0.717, 1.165) is 34.3 Å². The molecular formula is C14H18BrClN4. The summed E-state index contributed by atoms with van der Waals surface area (Å²) < 4.78 is 2.88. The molecule has 6 heteroatoms. The predicted octanol–water partition coefficient (Wildman–Crippen LogP) is 3.15. The number of benzene rings is 1. The highest BCUT2D eigenvalue weighted by Crippen LogP contribution is 2.28. The van der Waals surface area contributed by atoms with Crippen LogP contribution in [0.25, 0.3) is 0 Å². The van der Waals surface area contributed by atoms with Crippen LogP contribution in [-0.2, 0) is 19.9 Å². The molecule has 0 fully saturated rings. The van der Waals surface area contributed by atoms with Crippen LogP contribution >= 0.6 is 27.5 Å². The average Bonchev–Trinajstić information content (AvgIpc) is 2.79. The Morgan fingerprint density at radius 3 is 2.80 bits per heavy atom. The molecule has 0 saturated carbocycles. The number of hydrazine groups is 1. The Labute approximate surface area is 132 Å². The normalized spacial score (nSPS) is 12.7. The maximum atomic E-state index is 6.27. The van der Waals surface area contributed by atoms with Crippen LogP contribution in [0.2, 0.25) is 5.02 Å². The molecule has 1 atom stereocenters. The Balaban J connectivity index is 2.28. The highest BCUT2D eigenvalue weighted by Gasteiger charge is 2.17. The molecule has 20 heavy (non-hydrogen) atoms. The fourth-order valence-electron chi connectivity index (χ4n) is 2.18. The Morgan fingerprint density at radius 1 is 1.45 bits per heavy atom. The van der Waals surface area contributed by atoms with E-state index in [9.17, 15) is 0 Å². The van der Waals surface area contributed by atoms with E-state index >= 15 is 0 Å². The van der Waals surface area contributed by atoms with Crippen LogP contribution in [0.5, 0.6) is 0 Å². The van der Waals surface area contributed by atoms with Crippen molar-refractivity contribution in [2.24, 2.45) is 12.9 Å². The van der Waals surface area contributed by atoms with Gasteiger partial charge in [-0.05, 0) is 36.2 Å². The zero-order valence-electron chi connectivity index (χ0n) is 11.5. The maximum Gasteiger partial charge on any atom is 0.0624 e. The molecule has 108 valence electrons. The Hall–Kier alpha value is -0.880. The summed E-state index contributed by atoms with van der Waals surface area (Å²) in [6.07, 6.45) is 1.66. The van der Waals surface area contributed by atoms with E-state index in [2.05, 4.69) is 39.4 Å². The highest BCUT2D eigenvalue weighted by molar-refractivity contribution is 9.10. The second-order valence-corrected chi connectivity index (χ2v) is 6.02. The Morgan fingerprint density at radius 2 is 2.20 bits per heavy atom. The molecule has 0 amide bonds. The molecule has 4 nitrogen and oxygen atoms in total. The van der Waals surface area contributed by atoms with Gasteiger partial charge in [-0.25, -0.2) is 0 Å². The van der Waals surface area contributed by atoms with Crippen molar-refractivity contribution in [3.63, 3.8) is 0 Å². The number of aryl methyl sites for hydroxylation is 2. The van der Waals surface area contributed by atoms with Gasteiger partial charge in [0.25, 0.3) is 0 Å². The van der Waals surface area contributed by atoms with Crippen molar-refractivity contribution in [1.82, 2.24) is 15.2 Å². The van der Waals surface area contributed by atoms with Gasteiger partial charge in [-0.15, -0.1) is 0 Å². The number of rotatable bonds is 5. The fraction of sp³-hybridized carbons (Fsp3) is 0.357. The van der Waals surface area contributed by atoms with Crippen LogP contribution in [0.15, 0.2) is 28.7 Å². The minimum atomic E-state index is -0.0555. The van der Waals surface area contributed by atoms with Crippen molar-refractivity contribution in [1.29, 1.82) is 0 Å². The predicted molar refractivity (Wildman–Crippen MR) is 85.5 cm³/mol. The molecule has 1 aromatic carbocycles. The second-order valence-electron chi connectivity index (χ2n) is 4.69. The average molecular weight is 358 g/mol. The SMILES string of the molecule is CCc1cc(CC(NN)c2cc(Br)ccc2Cl)n(C)n1. The van der Waals surface area contributed by atoms with E-state index in [4.69, 9.17) is 17.4 Å². The standard InChI is InChI=1S/C14H18BrClN4/c1-3-10-7-11(20(2)19-10)8-14(18-17)12-6-9(15)4-5-13(12)16/h4-7,14,18H,3,8,17H2,1-2H3. The zero-order chi connectivity index (χ0) is 14.7. The molecule has 0 radical (unpaired) electrons. The molecule has 0 aliphatic heterocycles. The van der Waals surface area contributed by atoms with Gasteiger partial charge in [-0.3, -0.25) is 16.0 Å². The monoisotopic (exact) mass is 356 g/mol. The van der Waals surface area contributed by atoms with Crippen LogP contribution in [-0.4, -0.2) is 9.78 Å².